The summed E-state index contributed by atoms with van der Waals surface area (Å²) >= 11 is 0. The van der Waals surface area contributed by atoms with Crippen molar-refractivity contribution in [2.75, 3.05) is 6.54 Å². The first kappa shape index (κ1) is 27.2. The number of halogens is 3. The van der Waals surface area contributed by atoms with E-state index in [9.17, 15) is 18.0 Å². The van der Waals surface area contributed by atoms with Crippen LogP contribution in [0, 0.1) is 0 Å². The first-order valence-electron chi connectivity index (χ1n) is 10.4. The van der Waals surface area contributed by atoms with Crippen LogP contribution in [0.5, 0.6) is 17.2 Å². The fraction of sp³-hybridized carbons (Fsp3) is 0.200. The molecule has 35 heavy (non-hydrogen) atoms. The number of hydrogen-bond acceptors (Lipinski definition) is 5. The predicted molar refractivity (Wildman–Crippen MR) is 121 cm³/mol. The molecular weight excluding hydrogens is 467 g/mol. The molecule has 3 N–H and O–H groups in total. The molecule has 3 aromatic rings. The molecule has 0 bridgehead atoms. The molecule has 10 heteroatoms. The van der Waals surface area contributed by atoms with E-state index >= 15 is 0 Å². The van der Waals surface area contributed by atoms with Crippen molar-refractivity contribution in [3.05, 3.63) is 90.0 Å². The molecule has 0 saturated heterocycles. The Kier molecular flexibility index (Phi) is 10.6. The number of ether oxygens (including phenoxy) is 2. The van der Waals surface area contributed by atoms with Crippen molar-refractivity contribution >= 4 is 11.9 Å². The van der Waals surface area contributed by atoms with Crippen molar-refractivity contribution in [2.24, 2.45) is 0 Å². The smallest absolute Gasteiger partial charge is 0.489 e. The van der Waals surface area contributed by atoms with Gasteiger partial charge >= 0.3 is 18.1 Å². The zero-order valence-corrected chi connectivity index (χ0v) is 18.5. The van der Waals surface area contributed by atoms with E-state index in [0.717, 1.165) is 28.4 Å². The minimum atomic E-state index is -5.08. The van der Waals surface area contributed by atoms with Gasteiger partial charge in [-0.05, 0) is 47.5 Å². The molecule has 3 aromatic carbocycles. The van der Waals surface area contributed by atoms with Crippen LogP contribution in [0.2, 0.25) is 0 Å². The quantitative estimate of drug-likeness (QED) is 0.333. The number of nitrogens with one attached hydrogen (secondary N) is 1. The SMILES string of the molecule is O=C(O)C(F)(F)F.O=C(O)CCNCc1cccc(OCc2cccc(Oc3ccccc3)c2)c1. The van der Waals surface area contributed by atoms with Crippen LogP contribution < -0.4 is 14.8 Å². The van der Waals surface area contributed by atoms with Crippen LogP contribution >= 0.6 is 0 Å². The maximum absolute atomic E-state index is 10.6. The summed E-state index contributed by atoms with van der Waals surface area (Å²) in [4.78, 5) is 19.4. The largest absolute Gasteiger partial charge is 0.490 e. The molecule has 0 aliphatic heterocycles. The van der Waals surface area contributed by atoms with Gasteiger partial charge in [0.05, 0.1) is 6.42 Å². The Labute approximate surface area is 199 Å². The monoisotopic (exact) mass is 491 g/mol. The molecule has 0 spiro atoms. The van der Waals surface area contributed by atoms with Crippen LogP contribution in [0.25, 0.3) is 0 Å². The van der Waals surface area contributed by atoms with Crippen molar-refractivity contribution in [3.8, 4) is 17.2 Å². The van der Waals surface area contributed by atoms with E-state index in [0.29, 0.717) is 19.7 Å². The van der Waals surface area contributed by atoms with Crippen molar-refractivity contribution in [1.29, 1.82) is 0 Å². The Balaban J connectivity index is 0.000000540. The van der Waals surface area contributed by atoms with Gasteiger partial charge in [0, 0.05) is 13.1 Å². The fourth-order valence-corrected chi connectivity index (χ4v) is 2.66. The fourth-order valence-electron chi connectivity index (χ4n) is 2.66. The first-order chi connectivity index (χ1) is 16.6. The zero-order chi connectivity index (χ0) is 25.7. The third kappa shape index (κ3) is 11.1. The van der Waals surface area contributed by atoms with Gasteiger partial charge in [-0.15, -0.1) is 0 Å². The predicted octanol–water partition coefficient (Wildman–Crippen LogP) is 5.26. The number of para-hydroxylation sites is 1. The van der Waals surface area contributed by atoms with Crippen molar-refractivity contribution in [1.82, 2.24) is 5.32 Å². The van der Waals surface area contributed by atoms with Gasteiger partial charge in [-0.3, -0.25) is 4.79 Å². The van der Waals surface area contributed by atoms with E-state index < -0.39 is 18.1 Å². The number of carbonyl (C=O) groups is 2. The Bertz CT molecular complexity index is 1090. The van der Waals surface area contributed by atoms with Gasteiger partial charge in [0.2, 0.25) is 0 Å². The maximum Gasteiger partial charge on any atom is 0.490 e. The number of carboxylic acid groups (broad SMARTS) is 2. The van der Waals surface area contributed by atoms with Crippen LogP contribution in [0.1, 0.15) is 17.5 Å². The molecule has 0 aromatic heterocycles. The van der Waals surface area contributed by atoms with Crippen LogP contribution in [-0.2, 0) is 22.7 Å². The third-order valence-corrected chi connectivity index (χ3v) is 4.27. The standard InChI is InChI=1S/C23H23NO4.C2HF3O2/c25-23(26)12-13-24-16-18-6-4-10-21(14-18)27-17-19-7-5-11-22(15-19)28-20-8-2-1-3-9-20;3-2(4,5)1(6)7/h1-11,14-15,24H,12-13,16-17H2,(H,25,26);(H,6,7). The zero-order valence-electron chi connectivity index (χ0n) is 18.5. The lowest BCUT2D eigenvalue weighted by Crippen LogP contribution is -2.21. The highest BCUT2D eigenvalue weighted by Gasteiger charge is 2.38. The van der Waals surface area contributed by atoms with Gasteiger partial charge in [-0.2, -0.15) is 13.2 Å². The molecule has 0 aliphatic rings. The molecule has 0 radical (unpaired) electrons. The number of rotatable bonds is 10. The number of alkyl halides is 3. The Hall–Kier alpha value is -4.05. The number of benzene rings is 3. The van der Waals surface area contributed by atoms with E-state index in [-0.39, 0.29) is 6.42 Å². The van der Waals surface area contributed by atoms with Crippen LogP contribution in [0.3, 0.4) is 0 Å². The van der Waals surface area contributed by atoms with E-state index in [1.165, 1.54) is 0 Å². The summed E-state index contributed by atoms with van der Waals surface area (Å²) < 4.78 is 43.5. The Morgan fingerprint density at radius 3 is 2.00 bits per heavy atom. The molecule has 0 unspecified atom stereocenters. The summed E-state index contributed by atoms with van der Waals surface area (Å²) in [7, 11) is 0. The molecule has 3 rings (SSSR count). The van der Waals surface area contributed by atoms with E-state index in [4.69, 9.17) is 24.5 Å². The highest BCUT2D eigenvalue weighted by atomic mass is 19.4. The highest BCUT2D eigenvalue weighted by molar-refractivity contribution is 5.73. The lowest BCUT2D eigenvalue weighted by atomic mass is 10.2. The van der Waals surface area contributed by atoms with Gasteiger partial charge in [0.1, 0.15) is 23.9 Å². The van der Waals surface area contributed by atoms with Gasteiger partial charge < -0.3 is 25.0 Å². The molecule has 0 atom stereocenters. The third-order valence-electron chi connectivity index (χ3n) is 4.27. The summed E-state index contributed by atoms with van der Waals surface area (Å²) in [5.74, 6) is -1.23. The second-order valence-corrected chi connectivity index (χ2v) is 7.12. The molecule has 0 saturated carbocycles. The van der Waals surface area contributed by atoms with Crippen molar-refractivity contribution in [2.45, 2.75) is 25.7 Å². The average molecular weight is 491 g/mol. The highest BCUT2D eigenvalue weighted by Crippen LogP contribution is 2.23. The molecule has 186 valence electrons. The maximum atomic E-state index is 10.6. The van der Waals surface area contributed by atoms with E-state index in [1.54, 1.807) is 0 Å². The molecule has 0 fully saturated rings. The molecule has 7 nitrogen and oxygen atoms in total. The second-order valence-electron chi connectivity index (χ2n) is 7.12. The normalized spacial score (nSPS) is 10.6. The summed E-state index contributed by atoms with van der Waals surface area (Å²) in [6, 6.07) is 25.2. The van der Waals surface area contributed by atoms with E-state index in [2.05, 4.69) is 5.32 Å². The van der Waals surface area contributed by atoms with Crippen molar-refractivity contribution < 1.29 is 42.4 Å². The lowest BCUT2D eigenvalue weighted by molar-refractivity contribution is -0.192. The first-order valence-corrected chi connectivity index (χ1v) is 10.4. The summed E-state index contributed by atoms with van der Waals surface area (Å²) in [6.45, 7) is 1.47. The lowest BCUT2D eigenvalue weighted by Gasteiger charge is -2.10. The Morgan fingerprint density at radius 1 is 0.800 bits per heavy atom. The Morgan fingerprint density at radius 2 is 1.37 bits per heavy atom. The minimum absolute atomic E-state index is 0.109. The van der Waals surface area contributed by atoms with Gasteiger partial charge in [-0.1, -0.05) is 42.5 Å². The molecular formula is C25H24F3NO6. The van der Waals surface area contributed by atoms with Crippen molar-refractivity contribution in [3.63, 3.8) is 0 Å². The van der Waals surface area contributed by atoms with Gasteiger partial charge in [0.15, 0.2) is 0 Å². The molecule has 0 amide bonds. The van der Waals surface area contributed by atoms with Gasteiger partial charge in [-0.25, -0.2) is 4.79 Å². The molecule has 0 aliphatic carbocycles. The average Bonchev–Trinajstić information content (AvgIpc) is 2.81. The van der Waals surface area contributed by atoms with E-state index in [1.807, 2.05) is 78.9 Å². The van der Waals surface area contributed by atoms with Crippen LogP contribution in [0.15, 0.2) is 78.9 Å². The summed E-state index contributed by atoms with van der Waals surface area (Å²) in [6.07, 6.45) is -4.97. The molecule has 0 heterocycles. The number of hydrogen-bond donors (Lipinski definition) is 3. The summed E-state index contributed by atoms with van der Waals surface area (Å²) in [5.41, 5.74) is 2.06. The second kappa shape index (κ2) is 13.6. The minimum Gasteiger partial charge on any atom is -0.489 e. The summed E-state index contributed by atoms with van der Waals surface area (Å²) in [5, 5.41) is 18.9. The van der Waals surface area contributed by atoms with Gasteiger partial charge in [0.25, 0.3) is 0 Å². The number of aliphatic carboxylic acids is 2. The topological polar surface area (TPSA) is 105 Å². The van der Waals surface area contributed by atoms with Crippen LogP contribution in [0.4, 0.5) is 13.2 Å². The number of carboxylic acids is 2. The van der Waals surface area contributed by atoms with Crippen LogP contribution in [-0.4, -0.2) is 34.9 Å².